The molecular formula is C22H20ClN3O3S. The number of carbonyl (C=O) groups excluding carboxylic acids is 1. The third kappa shape index (κ3) is 3.69. The number of methoxy groups -OCH3 is 2. The molecule has 30 heavy (non-hydrogen) atoms. The third-order valence-corrected chi connectivity index (χ3v) is 6.70. The van der Waals surface area contributed by atoms with Gasteiger partial charge in [0.1, 0.15) is 0 Å². The van der Waals surface area contributed by atoms with Gasteiger partial charge in [-0.05, 0) is 42.0 Å². The first kappa shape index (κ1) is 20.5. The summed E-state index contributed by atoms with van der Waals surface area (Å²) in [5, 5.41) is 11.3. The monoisotopic (exact) mass is 441 g/mol. The average Bonchev–Trinajstić information content (AvgIpc) is 2.78. The summed E-state index contributed by atoms with van der Waals surface area (Å²) < 4.78 is 10.7. The minimum atomic E-state index is -0.303. The lowest BCUT2D eigenvalue weighted by molar-refractivity contribution is -0.129. The van der Waals surface area contributed by atoms with Gasteiger partial charge >= 0.3 is 0 Å². The van der Waals surface area contributed by atoms with Gasteiger partial charge in [-0.25, -0.2) is 0 Å². The molecule has 0 aromatic heterocycles. The Kier molecular flexibility index (Phi) is 5.80. The Morgan fingerprint density at radius 1 is 1.13 bits per heavy atom. The number of rotatable bonds is 4. The summed E-state index contributed by atoms with van der Waals surface area (Å²) in [6, 6.07) is 15.4. The van der Waals surface area contributed by atoms with E-state index in [9.17, 15) is 10.1 Å². The van der Waals surface area contributed by atoms with E-state index >= 15 is 0 Å². The largest absolute Gasteiger partial charge is 0.493 e. The first-order valence-electron chi connectivity index (χ1n) is 9.35. The van der Waals surface area contributed by atoms with Crippen molar-refractivity contribution < 1.29 is 14.3 Å². The Bertz CT molecular complexity index is 1050. The molecule has 1 saturated heterocycles. The van der Waals surface area contributed by atoms with E-state index in [1.807, 2.05) is 36.4 Å². The van der Waals surface area contributed by atoms with Crippen LogP contribution in [0.3, 0.4) is 0 Å². The Labute approximate surface area is 184 Å². The number of nitriles is 1. The lowest BCUT2D eigenvalue weighted by atomic mass is 9.86. The number of allylic oxidation sites excluding steroid dienone is 1. The molecule has 0 bridgehead atoms. The van der Waals surface area contributed by atoms with Crippen LogP contribution in [0.15, 0.2) is 53.1 Å². The van der Waals surface area contributed by atoms with Crippen LogP contribution in [0.2, 0.25) is 5.02 Å². The lowest BCUT2D eigenvalue weighted by Crippen LogP contribution is -2.47. The molecule has 0 N–H and O–H groups in total. The van der Waals surface area contributed by atoms with E-state index in [-0.39, 0.29) is 18.2 Å². The predicted octanol–water partition coefficient (Wildman–Crippen LogP) is 4.58. The third-order valence-electron chi connectivity index (χ3n) is 5.30. The van der Waals surface area contributed by atoms with Crippen LogP contribution >= 0.6 is 23.4 Å². The maximum absolute atomic E-state index is 13.0. The quantitative estimate of drug-likeness (QED) is 0.692. The molecular weight excluding hydrogens is 422 g/mol. The van der Waals surface area contributed by atoms with Crippen molar-refractivity contribution in [3.05, 3.63) is 63.7 Å². The number of hydrogen-bond acceptors (Lipinski definition) is 6. The fourth-order valence-corrected chi connectivity index (χ4v) is 5.03. The van der Waals surface area contributed by atoms with Crippen molar-refractivity contribution in [1.82, 2.24) is 4.90 Å². The fourth-order valence-electron chi connectivity index (χ4n) is 3.73. The van der Waals surface area contributed by atoms with Gasteiger partial charge in [-0.1, -0.05) is 29.4 Å². The number of hydrogen-bond donors (Lipinski definition) is 0. The fraction of sp³-hybridized carbons (Fsp3) is 0.273. The number of nitrogens with zero attached hydrogens (tertiary/aromatic N) is 3. The van der Waals surface area contributed by atoms with Crippen LogP contribution in [0.5, 0.6) is 11.5 Å². The number of ether oxygens (including phenoxy) is 2. The van der Waals surface area contributed by atoms with Crippen LogP contribution < -0.4 is 14.4 Å². The second kappa shape index (κ2) is 8.50. The molecule has 2 aromatic rings. The molecule has 0 aliphatic carbocycles. The minimum absolute atomic E-state index is 0.00468. The van der Waals surface area contributed by atoms with E-state index in [1.54, 1.807) is 25.2 Å². The highest BCUT2D eigenvalue weighted by Crippen LogP contribution is 2.44. The number of amides is 1. The molecule has 2 heterocycles. The van der Waals surface area contributed by atoms with E-state index in [0.29, 0.717) is 34.6 Å². The molecule has 1 amide bonds. The van der Waals surface area contributed by atoms with Crippen LogP contribution in [0.4, 0.5) is 5.69 Å². The van der Waals surface area contributed by atoms with Crippen molar-refractivity contribution in [3.8, 4) is 17.6 Å². The van der Waals surface area contributed by atoms with Crippen molar-refractivity contribution >= 4 is 35.0 Å². The normalized spacial score (nSPS) is 18.7. The van der Waals surface area contributed by atoms with Gasteiger partial charge in [-0.15, -0.1) is 0 Å². The number of anilines is 1. The second-order valence-corrected chi connectivity index (χ2v) is 8.32. The summed E-state index contributed by atoms with van der Waals surface area (Å²) in [6.07, 6.45) is 0.233. The Hall–Kier alpha value is -2.82. The smallest absolute Gasteiger partial charge is 0.229 e. The molecule has 2 aliphatic heterocycles. The molecule has 0 spiro atoms. The van der Waals surface area contributed by atoms with Crippen LogP contribution in [0.25, 0.3) is 0 Å². The van der Waals surface area contributed by atoms with E-state index in [4.69, 9.17) is 21.1 Å². The van der Waals surface area contributed by atoms with Gasteiger partial charge in [0.05, 0.1) is 43.4 Å². The number of carbonyl (C=O) groups is 1. The van der Waals surface area contributed by atoms with Crippen LogP contribution in [-0.2, 0) is 4.79 Å². The lowest BCUT2D eigenvalue weighted by Gasteiger charge is -2.42. The van der Waals surface area contributed by atoms with E-state index in [2.05, 4.69) is 11.0 Å². The summed E-state index contributed by atoms with van der Waals surface area (Å²) in [6.45, 7) is 0.409. The van der Waals surface area contributed by atoms with Gasteiger partial charge in [0, 0.05) is 23.0 Å². The predicted molar refractivity (Wildman–Crippen MR) is 118 cm³/mol. The van der Waals surface area contributed by atoms with Crippen LogP contribution in [0.1, 0.15) is 17.9 Å². The molecule has 6 nitrogen and oxygen atoms in total. The zero-order valence-electron chi connectivity index (χ0n) is 16.6. The maximum Gasteiger partial charge on any atom is 0.229 e. The van der Waals surface area contributed by atoms with Crippen molar-refractivity contribution in [2.24, 2.45) is 0 Å². The van der Waals surface area contributed by atoms with Crippen LogP contribution in [-0.4, -0.2) is 37.6 Å². The molecule has 0 radical (unpaired) electrons. The van der Waals surface area contributed by atoms with Crippen LogP contribution in [0, 0.1) is 11.3 Å². The van der Waals surface area contributed by atoms with Crippen molar-refractivity contribution in [1.29, 1.82) is 5.26 Å². The first-order chi connectivity index (χ1) is 14.5. The Balaban J connectivity index is 1.66. The van der Waals surface area contributed by atoms with E-state index in [1.165, 1.54) is 11.8 Å². The van der Waals surface area contributed by atoms with Crippen molar-refractivity contribution in [2.45, 2.75) is 12.3 Å². The van der Waals surface area contributed by atoms with Gasteiger partial charge < -0.3 is 14.4 Å². The molecule has 4 rings (SSSR count). The van der Waals surface area contributed by atoms with E-state index in [0.717, 1.165) is 16.3 Å². The first-order valence-corrected chi connectivity index (χ1v) is 10.7. The highest BCUT2D eigenvalue weighted by Gasteiger charge is 2.38. The second-order valence-electron chi connectivity index (χ2n) is 6.95. The van der Waals surface area contributed by atoms with Gasteiger partial charge in [0.15, 0.2) is 11.5 Å². The zero-order chi connectivity index (χ0) is 21.3. The minimum Gasteiger partial charge on any atom is -0.493 e. The summed E-state index contributed by atoms with van der Waals surface area (Å²) in [4.78, 5) is 16.8. The van der Waals surface area contributed by atoms with Crippen molar-refractivity contribution in [3.63, 3.8) is 0 Å². The molecule has 0 unspecified atom stereocenters. The summed E-state index contributed by atoms with van der Waals surface area (Å²) in [5.74, 6) is 1.53. The Morgan fingerprint density at radius 3 is 2.53 bits per heavy atom. The standard InChI is InChI=1S/C22H20ClN3O3S/c1-28-19-8-3-14(9-20(19)29-2)17-10-21(27)26-12-25(13-30-22(26)18(17)11-24)16-6-4-15(23)5-7-16/h3-9,17H,10,12-13H2,1-2H3/t17-/m1/s1. The summed E-state index contributed by atoms with van der Waals surface area (Å²) in [7, 11) is 3.15. The highest BCUT2D eigenvalue weighted by atomic mass is 35.5. The Morgan fingerprint density at radius 2 is 1.87 bits per heavy atom. The molecule has 154 valence electrons. The van der Waals surface area contributed by atoms with Gasteiger partial charge in [0.25, 0.3) is 0 Å². The number of halogens is 1. The molecule has 2 aliphatic rings. The van der Waals surface area contributed by atoms with E-state index < -0.39 is 0 Å². The topological polar surface area (TPSA) is 65.8 Å². The van der Waals surface area contributed by atoms with Crippen molar-refractivity contribution in [2.75, 3.05) is 31.7 Å². The highest BCUT2D eigenvalue weighted by molar-refractivity contribution is 8.03. The number of fused-ring (bicyclic) bond motifs is 1. The molecule has 8 heteroatoms. The molecule has 2 aromatic carbocycles. The SMILES string of the molecule is COc1ccc([C@H]2CC(=O)N3CN(c4ccc(Cl)cc4)CSC3=C2C#N)cc1OC. The van der Waals surface area contributed by atoms with Gasteiger partial charge in [0.2, 0.25) is 5.91 Å². The molecule has 1 fully saturated rings. The average molecular weight is 442 g/mol. The number of thioether (sulfide) groups is 1. The summed E-state index contributed by atoms with van der Waals surface area (Å²) in [5.41, 5.74) is 2.47. The van der Waals surface area contributed by atoms with Gasteiger partial charge in [-0.2, -0.15) is 5.26 Å². The zero-order valence-corrected chi connectivity index (χ0v) is 18.2. The number of benzene rings is 2. The van der Waals surface area contributed by atoms with Gasteiger partial charge in [-0.3, -0.25) is 9.69 Å². The molecule has 1 atom stereocenters. The maximum atomic E-state index is 13.0. The summed E-state index contributed by atoms with van der Waals surface area (Å²) >= 11 is 7.49. The molecule has 0 saturated carbocycles.